The third kappa shape index (κ3) is 3.19. The Morgan fingerprint density at radius 3 is 2.50 bits per heavy atom. The van der Waals surface area contributed by atoms with Gasteiger partial charge in [0, 0.05) is 6.54 Å². The Kier molecular flexibility index (Phi) is 4.40. The largest absolute Gasteiger partial charge is 0.337 e. The van der Waals surface area contributed by atoms with Crippen molar-refractivity contribution in [3.8, 4) is 0 Å². The molecule has 2 aliphatic carbocycles. The fourth-order valence-corrected chi connectivity index (χ4v) is 3.81. The molecule has 4 rings (SSSR count). The molecule has 7 heteroatoms. The summed E-state index contributed by atoms with van der Waals surface area (Å²) < 4.78 is 5.55. The van der Waals surface area contributed by atoms with Gasteiger partial charge in [-0.1, -0.05) is 48.3 Å². The topological polar surface area (TPSA) is 106 Å². The average molecular weight is 355 g/mol. The zero-order valence-corrected chi connectivity index (χ0v) is 14.8. The summed E-state index contributed by atoms with van der Waals surface area (Å²) in [7, 11) is 0. The first-order chi connectivity index (χ1) is 12.6. The number of carbonyl (C=O) groups is 1. The molecule has 1 aromatic carbocycles. The van der Waals surface area contributed by atoms with E-state index in [0.717, 1.165) is 50.5 Å². The van der Waals surface area contributed by atoms with Gasteiger partial charge in [0.2, 0.25) is 0 Å². The molecule has 138 valence electrons. The molecule has 0 unspecified atom stereocenters. The van der Waals surface area contributed by atoms with Crippen LogP contribution in [0.2, 0.25) is 0 Å². The Morgan fingerprint density at radius 1 is 1.12 bits per heavy atom. The summed E-state index contributed by atoms with van der Waals surface area (Å²) in [6.07, 6.45) is 6.48. The SMILES string of the molecule is NC1(c2noc(C3(NC(=O)NCc4ccccc4)CCCC3)n2)CCC1. The molecule has 0 aliphatic heterocycles. The number of rotatable bonds is 5. The predicted octanol–water partition coefficient (Wildman–Crippen LogP) is 2.68. The smallest absolute Gasteiger partial charge is 0.315 e. The molecule has 2 aromatic rings. The van der Waals surface area contributed by atoms with Crippen molar-refractivity contribution in [2.24, 2.45) is 5.73 Å². The lowest BCUT2D eigenvalue weighted by molar-refractivity contribution is 0.202. The van der Waals surface area contributed by atoms with Gasteiger partial charge in [-0.15, -0.1) is 0 Å². The highest BCUT2D eigenvalue weighted by atomic mass is 16.5. The lowest BCUT2D eigenvalue weighted by Crippen LogP contribution is -2.49. The zero-order chi connectivity index (χ0) is 18.0. The van der Waals surface area contributed by atoms with E-state index in [2.05, 4.69) is 20.8 Å². The second-order valence-corrected chi connectivity index (χ2v) is 7.52. The van der Waals surface area contributed by atoms with Crippen molar-refractivity contribution in [3.63, 3.8) is 0 Å². The number of benzene rings is 1. The summed E-state index contributed by atoms with van der Waals surface area (Å²) in [5, 5.41) is 10.1. The quantitative estimate of drug-likeness (QED) is 0.764. The number of aromatic nitrogens is 2. The molecule has 2 amide bonds. The first kappa shape index (κ1) is 17.0. The van der Waals surface area contributed by atoms with E-state index in [1.165, 1.54) is 0 Å². The van der Waals surface area contributed by atoms with Crippen molar-refractivity contribution >= 4 is 6.03 Å². The van der Waals surface area contributed by atoms with Crippen LogP contribution in [0.3, 0.4) is 0 Å². The Morgan fingerprint density at radius 2 is 1.85 bits per heavy atom. The molecule has 2 aliphatic rings. The molecule has 7 nitrogen and oxygen atoms in total. The van der Waals surface area contributed by atoms with Crippen LogP contribution < -0.4 is 16.4 Å². The molecule has 2 saturated carbocycles. The van der Waals surface area contributed by atoms with Crippen molar-refractivity contribution in [3.05, 3.63) is 47.6 Å². The molecule has 0 spiro atoms. The number of carbonyl (C=O) groups excluding carboxylic acids is 1. The van der Waals surface area contributed by atoms with Gasteiger partial charge in [-0.2, -0.15) is 4.98 Å². The monoisotopic (exact) mass is 355 g/mol. The average Bonchev–Trinajstić information content (AvgIpc) is 3.29. The standard InChI is InChI=1S/C19H25N5O2/c20-18(9-6-10-18)15-22-16(26-24-15)19(11-4-5-12-19)23-17(25)21-13-14-7-2-1-3-8-14/h1-3,7-8H,4-6,9-13,20H2,(H2,21,23,25). The van der Waals surface area contributed by atoms with Crippen LogP contribution in [0.15, 0.2) is 34.9 Å². The van der Waals surface area contributed by atoms with Crippen molar-refractivity contribution in [2.45, 2.75) is 62.6 Å². The van der Waals surface area contributed by atoms with E-state index in [9.17, 15) is 4.79 Å². The molecule has 0 bridgehead atoms. The summed E-state index contributed by atoms with van der Waals surface area (Å²) in [6.45, 7) is 0.476. The molecule has 26 heavy (non-hydrogen) atoms. The number of urea groups is 1. The molecular weight excluding hydrogens is 330 g/mol. The van der Waals surface area contributed by atoms with Gasteiger partial charge in [0.15, 0.2) is 5.82 Å². The highest BCUT2D eigenvalue weighted by Crippen LogP contribution is 2.41. The minimum Gasteiger partial charge on any atom is -0.337 e. The maximum absolute atomic E-state index is 12.5. The number of nitrogens with two attached hydrogens (primary N) is 1. The second-order valence-electron chi connectivity index (χ2n) is 7.52. The van der Waals surface area contributed by atoms with Crippen LogP contribution in [0.1, 0.15) is 62.2 Å². The molecule has 1 aromatic heterocycles. The predicted molar refractivity (Wildman–Crippen MR) is 96.0 cm³/mol. The molecular formula is C19H25N5O2. The number of nitrogens with zero attached hydrogens (tertiary/aromatic N) is 2. The van der Waals surface area contributed by atoms with E-state index in [1.54, 1.807) is 0 Å². The Labute approximate surface area is 152 Å². The van der Waals surface area contributed by atoms with Crippen molar-refractivity contribution in [1.29, 1.82) is 0 Å². The van der Waals surface area contributed by atoms with Crippen LogP contribution in [-0.2, 0) is 17.6 Å². The molecule has 4 N–H and O–H groups in total. The number of hydrogen-bond acceptors (Lipinski definition) is 5. The third-order valence-corrected chi connectivity index (χ3v) is 5.63. The first-order valence-corrected chi connectivity index (χ1v) is 9.33. The highest BCUT2D eigenvalue weighted by molar-refractivity contribution is 5.75. The summed E-state index contributed by atoms with van der Waals surface area (Å²) in [6, 6.07) is 9.61. The van der Waals surface area contributed by atoms with Gasteiger partial charge < -0.3 is 20.9 Å². The zero-order valence-electron chi connectivity index (χ0n) is 14.8. The molecule has 2 fully saturated rings. The van der Waals surface area contributed by atoms with Gasteiger partial charge >= 0.3 is 6.03 Å². The molecule has 1 heterocycles. The van der Waals surface area contributed by atoms with E-state index < -0.39 is 11.1 Å². The first-order valence-electron chi connectivity index (χ1n) is 9.33. The van der Waals surface area contributed by atoms with E-state index >= 15 is 0 Å². The fraction of sp³-hybridized carbons (Fsp3) is 0.526. The fourth-order valence-electron chi connectivity index (χ4n) is 3.81. The van der Waals surface area contributed by atoms with Crippen molar-refractivity contribution in [2.75, 3.05) is 0 Å². The second kappa shape index (κ2) is 6.72. The van der Waals surface area contributed by atoms with Crippen LogP contribution in [0.5, 0.6) is 0 Å². The molecule has 0 saturated heterocycles. The van der Waals surface area contributed by atoms with E-state index in [0.29, 0.717) is 18.3 Å². The third-order valence-electron chi connectivity index (χ3n) is 5.63. The Hall–Kier alpha value is -2.41. The summed E-state index contributed by atoms with van der Waals surface area (Å²) in [4.78, 5) is 17.1. The number of amides is 2. The van der Waals surface area contributed by atoms with Crippen LogP contribution >= 0.6 is 0 Å². The molecule has 0 radical (unpaired) electrons. The van der Waals surface area contributed by atoms with Gasteiger partial charge in [-0.3, -0.25) is 0 Å². The lowest BCUT2D eigenvalue weighted by Gasteiger charge is -2.34. The normalized spacial score (nSPS) is 20.3. The van der Waals surface area contributed by atoms with Crippen LogP contribution in [-0.4, -0.2) is 16.2 Å². The van der Waals surface area contributed by atoms with Gasteiger partial charge in [0.05, 0.1) is 5.54 Å². The Balaban J connectivity index is 1.45. The van der Waals surface area contributed by atoms with Gasteiger partial charge in [-0.05, 0) is 37.7 Å². The number of nitrogens with one attached hydrogen (secondary N) is 2. The lowest BCUT2D eigenvalue weighted by atomic mass is 9.77. The minimum atomic E-state index is -0.591. The Bertz CT molecular complexity index is 763. The summed E-state index contributed by atoms with van der Waals surface area (Å²) in [5.41, 5.74) is 6.31. The highest BCUT2D eigenvalue weighted by Gasteiger charge is 2.45. The van der Waals surface area contributed by atoms with Crippen LogP contribution in [0, 0.1) is 0 Å². The van der Waals surface area contributed by atoms with Crippen LogP contribution in [0.4, 0.5) is 4.79 Å². The maximum Gasteiger partial charge on any atom is 0.315 e. The summed E-state index contributed by atoms with van der Waals surface area (Å²) >= 11 is 0. The minimum absolute atomic E-state index is 0.221. The van der Waals surface area contributed by atoms with Crippen LogP contribution in [0.25, 0.3) is 0 Å². The van der Waals surface area contributed by atoms with Gasteiger partial charge in [-0.25, -0.2) is 4.79 Å². The van der Waals surface area contributed by atoms with E-state index in [4.69, 9.17) is 10.3 Å². The van der Waals surface area contributed by atoms with Gasteiger partial charge in [0.1, 0.15) is 5.54 Å². The van der Waals surface area contributed by atoms with Crippen molar-refractivity contribution in [1.82, 2.24) is 20.8 Å². The van der Waals surface area contributed by atoms with E-state index in [-0.39, 0.29) is 6.03 Å². The van der Waals surface area contributed by atoms with Gasteiger partial charge in [0.25, 0.3) is 5.89 Å². The van der Waals surface area contributed by atoms with Crippen molar-refractivity contribution < 1.29 is 9.32 Å². The number of hydrogen-bond donors (Lipinski definition) is 3. The van der Waals surface area contributed by atoms with E-state index in [1.807, 2.05) is 30.3 Å². The maximum atomic E-state index is 12.5. The molecule has 0 atom stereocenters. The summed E-state index contributed by atoms with van der Waals surface area (Å²) in [5.74, 6) is 1.05.